The number of benzene rings is 1. The topological polar surface area (TPSA) is 54.2 Å². The molecule has 0 atom stereocenters. The summed E-state index contributed by atoms with van der Waals surface area (Å²) in [5.74, 6) is 2.39. The minimum atomic E-state index is 0.565. The molecular formula is C19H28ClN5. The number of guanidine groups is 1. The molecule has 0 saturated heterocycles. The zero-order chi connectivity index (χ0) is 18.1. The summed E-state index contributed by atoms with van der Waals surface area (Å²) < 4.78 is 2.17. The van der Waals surface area contributed by atoms with Crippen molar-refractivity contribution < 1.29 is 0 Å². The Balaban J connectivity index is 1.89. The Labute approximate surface area is 155 Å². The largest absolute Gasteiger partial charge is 0.357 e. The third kappa shape index (κ3) is 6.78. The number of imidazole rings is 1. The summed E-state index contributed by atoms with van der Waals surface area (Å²) in [5.41, 5.74) is 1.25. The zero-order valence-electron chi connectivity index (χ0n) is 15.3. The highest BCUT2D eigenvalue weighted by Crippen LogP contribution is 2.09. The summed E-state index contributed by atoms with van der Waals surface area (Å²) in [4.78, 5) is 9.08. The maximum atomic E-state index is 5.92. The number of aliphatic imine (C=N–C) groups is 1. The summed E-state index contributed by atoms with van der Waals surface area (Å²) >= 11 is 5.92. The van der Waals surface area contributed by atoms with Crippen LogP contribution in [-0.4, -0.2) is 28.6 Å². The Bertz CT molecular complexity index is 661. The maximum Gasteiger partial charge on any atom is 0.191 e. The molecule has 0 spiro atoms. The standard InChI is InChI=1S/C19H28ClN5/c1-4-21-19(23-10-9-16-5-7-17(20)8-6-16)24-13-18-22-11-12-25(18)14-15(2)3/h5-8,11-12,15H,4,9-10,13-14H2,1-3H3,(H2,21,23,24). The Morgan fingerprint density at radius 3 is 2.68 bits per heavy atom. The molecule has 5 nitrogen and oxygen atoms in total. The highest BCUT2D eigenvalue weighted by Gasteiger charge is 2.05. The lowest BCUT2D eigenvalue weighted by Gasteiger charge is -2.12. The molecule has 0 saturated carbocycles. The Hall–Kier alpha value is -2.01. The Morgan fingerprint density at radius 1 is 1.24 bits per heavy atom. The molecular weight excluding hydrogens is 334 g/mol. The second-order valence-corrected chi connectivity index (χ2v) is 6.82. The first-order valence-electron chi connectivity index (χ1n) is 8.85. The number of nitrogens with zero attached hydrogens (tertiary/aromatic N) is 3. The summed E-state index contributed by atoms with van der Waals surface area (Å²) in [7, 11) is 0. The number of nitrogens with one attached hydrogen (secondary N) is 2. The Kier molecular flexibility index (Phi) is 7.79. The van der Waals surface area contributed by atoms with Crippen LogP contribution in [-0.2, 0) is 19.5 Å². The quantitative estimate of drug-likeness (QED) is 0.559. The van der Waals surface area contributed by atoms with Gasteiger partial charge in [-0.3, -0.25) is 0 Å². The molecule has 0 amide bonds. The van der Waals surface area contributed by atoms with Crippen LogP contribution in [0.4, 0.5) is 0 Å². The predicted octanol–water partition coefficient (Wildman–Crippen LogP) is 3.49. The molecule has 2 aromatic rings. The second kappa shape index (κ2) is 10.1. The molecule has 0 aliphatic carbocycles. The molecule has 2 N–H and O–H groups in total. The van der Waals surface area contributed by atoms with Gasteiger partial charge >= 0.3 is 0 Å². The average Bonchev–Trinajstić information content (AvgIpc) is 3.01. The van der Waals surface area contributed by atoms with Gasteiger partial charge in [-0.2, -0.15) is 0 Å². The van der Waals surface area contributed by atoms with Crippen molar-refractivity contribution in [3.05, 3.63) is 53.1 Å². The van der Waals surface area contributed by atoms with Gasteiger partial charge in [0.05, 0.1) is 0 Å². The number of hydrogen-bond acceptors (Lipinski definition) is 2. The first-order valence-corrected chi connectivity index (χ1v) is 9.23. The van der Waals surface area contributed by atoms with E-state index in [9.17, 15) is 0 Å². The van der Waals surface area contributed by atoms with E-state index in [2.05, 4.69) is 58.1 Å². The molecule has 0 aliphatic rings. The van der Waals surface area contributed by atoms with Crippen LogP contribution in [0, 0.1) is 5.92 Å². The molecule has 6 heteroatoms. The third-order valence-electron chi connectivity index (χ3n) is 3.71. The van der Waals surface area contributed by atoms with Crippen LogP contribution >= 0.6 is 11.6 Å². The summed E-state index contributed by atoms with van der Waals surface area (Å²) in [6, 6.07) is 7.95. The molecule has 1 aromatic heterocycles. The van der Waals surface area contributed by atoms with Crippen molar-refractivity contribution in [3.63, 3.8) is 0 Å². The highest BCUT2D eigenvalue weighted by atomic mass is 35.5. The zero-order valence-corrected chi connectivity index (χ0v) is 16.1. The van der Waals surface area contributed by atoms with E-state index in [-0.39, 0.29) is 0 Å². The van der Waals surface area contributed by atoms with E-state index in [1.165, 1.54) is 5.56 Å². The monoisotopic (exact) mass is 361 g/mol. The predicted molar refractivity (Wildman–Crippen MR) is 105 cm³/mol. The van der Waals surface area contributed by atoms with Crippen LogP contribution in [0.3, 0.4) is 0 Å². The molecule has 25 heavy (non-hydrogen) atoms. The lowest BCUT2D eigenvalue weighted by atomic mass is 10.1. The van der Waals surface area contributed by atoms with Gasteiger partial charge in [0, 0.05) is 37.1 Å². The van der Waals surface area contributed by atoms with Crippen molar-refractivity contribution in [2.75, 3.05) is 13.1 Å². The van der Waals surface area contributed by atoms with E-state index in [1.54, 1.807) is 0 Å². The fraction of sp³-hybridized carbons (Fsp3) is 0.474. The van der Waals surface area contributed by atoms with E-state index >= 15 is 0 Å². The summed E-state index contributed by atoms with van der Waals surface area (Å²) in [6.07, 6.45) is 4.78. The van der Waals surface area contributed by atoms with E-state index in [0.717, 1.165) is 42.9 Å². The fourth-order valence-corrected chi connectivity index (χ4v) is 2.65. The van der Waals surface area contributed by atoms with E-state index in [0.29, 0.717) is 12.5 Å². The molecule has 0 bridgehead atoms. The van der Waals surface area contributed by atoms with Crippen LogP contribution in [0.15, 0.2) is 41.7 Å². The first-order chi connectivity index (χ1) is 12.1. The molecule has 1 heterocycles. The van der Waals surface area contributed by atoms with Crippen molar-refractivity contribution in [1.82, 2.24) is 20.2 Å². The fourth-order valence-electron chi connectivity index (χ4n) is 2.52. The normalized spacial score (nSPS) is 11.8. The van der Waals surface area contributed by atoms with Crippen LogP contribution in [0.2, 0.25) is 5.02 Å². The third-order valence-corrected chi connectivity index (χ3v) is 3.96. The smallest absolute Gasteiger partial charge is 0.191 e. The van der Waals surface area contributed by atoms with Gasteiger partial charge in [-0.25, -0.2) is 9.98 Å². The van der Waals surface area contributed by atoms with Crippen LogP contribution in [0.25, 0.3) is 0 Å². The van der Waals surface area contributed by atoms with Gasteiger partial charge in [0.25, 0.3) is 0 Å². The molecule has 0 radical (unpaired) electrons. The molecule has 136 valence electrons. The van der Waals surface area contributed by atoms with Crippen molar-refractivity contribution in [2.24, 2.45) is 10.9 Å². The van der Waals surface area contributed by atoms with Crippen LogP contribution in [0.1, 0.15) is 32.2 Å². The lowest BCUT2D eigenvalue weighted by Crippen LogP contribution is -2.38. The first kappa shape index (κ1) is 19.3. The van der Waals surface area contributed by atoms with Gasteiger partial charge < -0.3 is 15.2 Å². The van der Waals surface area contributed by atoms with Crippen LogP contribution < -0.4 is 10.6 Å². The number of halogens is 1. The number of hydrogen-bond donors (Lipinski definition) is 2. The van der Waals surface area contributed by atoms with E-state index in [1.807, 2.05) is 24.5 Å². The van der Waals surface area contributed by atoms with Gasteiger partial charge in [-0.1, -0.05) is 37.6 Å². The van der Waals surface area contributed by atoms with Crippen LogP contribution in [0.5, 0.6) is 0 Å². The minimum absolute atomic E-state index is 0.565. The number of aromatic nitrogens is 2. The second-order valence-electron chi connectivity index (χ2n) is 6.39. The molecule has 2 rings (SSSR count). The van der Waals surface area contributed by atoms with Gasteiger partial charge in [-0.15, -0.1) is 0 Å². The van der Waals surface area contributed by atoms with Crippen molar-refractivity contribution in [3.8, 4) is 0 Å². The van der Waals surface area contributed by atoms with E-state index in [4.69, 9.17) is 11.6 Å². The molecule has 0 aliphatic heterocycles. The van der Waals surface area contributed by atoms with Gasteiger partial charge in [-0.05, 0) is 37.0 Å². The van der Waals surface area contributed by atoms with Gasteiger partial charge in [0.15, 0.2) is 5.96 Å². The average molecular weight is 362 g/mol. The lowest BCUT2D eigenvalue weighted by molar-refractivity contribution is 0.507. The maximum absolute atomic E-state index is 5.92. The Morgan fingerprint density at radius 2 is 2.00 bits per heavy atom. The molecule has 1 aromatic carbocycles. The SMILES string of the molecule is CCNC(=NCc1nccn1CC(C)C)NCCc1ccc(Cl)cc1. The van der Waals surface area contributed by atoms with Crippen molar-refractivity contribution in [1.29, 1.82) is 0 Å². The molecule has 0 fully saturated rings. The van der Waals surface area contributed by atoms with Crippen molar-refractivity contribution >= 4 is 17.6 Å². The van der Waals surface area contributed by atoms with Gasteiger partial charge in [0.2, 0.25) is 0 Å². The minimum Gasteiger partial charge on any atom is -0.357 e. The van der Waals surface area contributed by atoms with Gasteiger partial charge in [0.1, 0.15) is 12.4 Å². The summed E-state index contributed by atoms with van der Waals surface area (Å²) in [6.45, 7) is 9.64. The van der Waals surface area contributed by atoms with Crippen molar-refractivity contribution in [2.45, 2.75) is 40.3 Å². The highest BCUT2D eigenvalue weighted by molar-refractivity contribution is 6.30. The van der Waals surface area contributed by atoms with E-state index < -0.39 is 0 Å². The summed E-state index contributed by atoms with van der Waals surface area (Å²) in [5, 5.41) is 7.42. The molecule has 0 unspecified atom stereocenters. The number of rotatable bonds is 8.